The van der Waals surface area contributed by atoms with E-state index in [0.29, 0.717) is 0 Å². The van der Waals surface area contributed by atoms with Gasteiger partial charge in [-0.1, -0.05) is 6.07 Å². The molecule has 0 radical (unpaired) electrons. The quantitative estimate of drug-likeness (QED) is 0.664. The van der Waals surface area contributed by atoms with Crippen molar-refractivity contribution < 1.29 is 18.6 Å². The number of amides is 2. The summed E-state index contributed by atoms with van der Waals surface area (Å²) in [7, 11) is 0. The molecule has 21 heavy (non-hydrogen) atoms. The van der Waals surface area contributed by atoms with E-state index >= 15 is 0 Å². The van der Waals surface area contributed by atoms with Crippen molar-refractivity contribution in [3.63, 3.8) is 0 Å². The molecule has 1 aromatic heterocycles. The average molecular weight is 293 g/mol. The first kappa shape index (κ1) is 14.4. The van der Waals surface area contributed by atoms with Gasteiger partial charge in [-0.3, -0.25) is 9.59 Å². The zero-order valence-electron chi connectivity index (χ0n) is 10.8. The van der Waals surface area contributed by atoms with Crippen molar-refractivity contribution in [2.24, 2.45) is 0 Å². The largest absolute Gasteiger partial charge is 0.379 e. The van der Waals surface area contributed by atoms with Crippen molar-refractivity contribution in [3.8, 4) is 0 Å². The van der Waals surface area contributed by atoms with Gasteiger partial charge in [-0.25, -0.2) is 9.02 Å². The van der Waals surface area contributed by atoms with Crippen LogP contribution in [0, 0.1) is 5.82 Å². The van der Waals surface area contributed by atoms with Crippen molar-refractivity contribution in [1.82, 2.24) is 20.9 Å². The maximum atomic E-state index is 12.9. The summed E-state index contributed by atoms with van der Waals surface area (Å²) in [5, 5.41) is 11.6. The van der Waals surface area contributed by atoms with Crippen molar-refractivity contribution in [1.29, 1.82) is 0 Å². The monoisotopic (exact) mass is 293 g/mol. The molecule has 2 aromatic rings. The Bertz CT molecular complexity index is 658. The molecule has 8 nitrogen and oxygen atoms in total. The predicted octanol–water partition coefficient (Wildman–Crippen LogP) is -0.0493. The Morgan fingerprint density at radius 1 is 1.19 bits per heavy atom. The molecular formula is C12H12FN5O3. The minimum Gasteiger partial charge on any atom is -0.379 e. The third-order valence-corrected chi connectivity index (χ3v) is 2.51. The third-order valence-electron chi connectivity index (χ3n) is 2.51. The number of nitrogen functional groups attached to an aromatic ring is 1. The van der Waals surface area contributed by atoms with Gasteiger partial charge in [0.1, 0.15) is 5.82 Å². The zero-order chi connectivity index (χ0) is 15.2. The van der Waals surface area contributed by atoms with Crippen LogP contribution in [-0.2, 0) is 0 Å². The number of nitrogens with one attached hydrogen (secondary N) is 2. The van der Waals surface area contributed by atoms with E-state index in [2.05, 4.69) is 25.6 Å². The number of aromatic nitrogens is 2. The highest BCUT2D eigenvalue weighted by molar-refractivity contribution is 5.96. The minimum atomic E-state index is -0.561. The van der Waals surface area contributed by atoms with Gasteiger partial charge in [0, 0.05) is 18.7 Å². The molecule has 2 amide bonds. The Kier molecular flexibility index (Phi) is 4.44. The number of carbonyl (C=O) groups excluding carboxylic acids is 2. The number of nitrogens with two attached hydrogens (primary N) is 1. The molecule has 9 heteroatoms. The lowest BCUT2D eigenvalue weighted by Crippen LogP contribution is -2.35. The lowest BCUT2D eigenvalue weighted by atomic mass is 10.2. The van der Waals surface area contributed by atoms with Crippen LogP contribution in [0.2, 0.25) is 0 Å². The molecule has 4 N–H and O–H groups in total. The molecular weight excluding hydrogens is 281 g/mol. The van der Waals surface area contributed by atoms with Crippen LogP contribution in [0.1, 0.15) is 20.8 Å². The van der Waals surface area contributed by atoms with E-state index in [9.17, 15) is 14.0 Å². The summed E-state index contributed by atoms with van der Waals surface area (Å²) in [5.74, 6) is -1.61. The highest BCUT2D eigenvalue weighted by Crippen LogP contribution is 2.03. The number of halogens is 1. The van der Waals surface area contributed by atoms with Crippen LogP contribution in [0.4, 0.5) is 10.2 Å². The molecule has 0 aliphatic rings. The molecule has 110 valence electrons. The van der Waals surface area contributed by atoms with Gasteiger partial charge < -0.3 is 16.4 Å². The van der Waals surface area contributed by atoms with E-state index < -0.39 is 17.6 Å². The highest BCUT2D eigenvalue weighted by Gasteiger charge is 2.15. The highest BCUT2D eigenvalue weighted by atomic mass is 19.1. The van der Waals surface area contributed by atoms with Crippen molar-refractivity contribution in [3.05, 3.63) is 41.3 Å². The second-order valence-electron chi connectivity index (χ2n) is 4.02. The first-order chi connectivity index (χ1) is 10.1. The summed E-state index contributed by atoms with van der Waals surface area (Å²) in [5.41, 5.74) is 5.43. The van der Waals surface area contributed by atoms with Gasteiger partial charge in [0.25, 0.3) is 11.8 Å². The molecule has 1 aromatic carbocycles. The van der Waals surface area contributed by atoms with Crippen LogP contribution < -0.4 is 16.4 Å². The fraction of sp³-hybridized carbons (Fsp3) is 0.167. The molecule has 0 spiro atoms. The number of carbonyl (C=O) groups is 2. The normalized spacial score (nSPS) is 10.1. The summed E-state index contributed by atoms with van der Waals surface area (Å²) in [6, 6.07) is 5.29. The first-order valence-electron chi connectivity index (χ1n) is 5.98. The maximum Gasteiger partial charge on any atom is 0.277 e. The Balaban J connectivity index is 1.76. The van der Waals surface area contributed by atoms with Gasteiger partial charge >= 0.3 is 0 Å². The number of nitrogens with zero attached hydrogens (tertiary/aromatic N) is 2. The Morgan fingerprint density at radius 3 is 2.52 bits per heavy atom. The maximum absolute atomic E-state index is 12.9. The number of hydrogen-bond acceptors (Lipinski definition) is 6. The third kappa shape index (κ3) is 3.75. The van der Waals surface area contributed by atoms with Crippen LogP contribution >= 0.6 is 0 Å². The Hall–Kier alpha value is -2.97. The lowest BCUT2D eigenvalue weighted by molar-refractivity contribution is 0.0922. The van der Waals surface area contributed by atoms with Crippen LogP contribution in [0.25, 0.3) is 0 Å². The second-order valence-corrected chi connectivity index (χ2v) is 4.02. The summed E-state index contributed by atoms with van der Waals surface area (Å²) < 4.78 is 17.2. The fourth-order valence-corrected chi connectivity index (χ4v) is 1.52. The smallest absolute Gasteiger partial charge is 0.277 e. The van der Waals surface area contributed by atoms with Gasteiger partial charge in [-0.2, -0.15) is 0 Å². The van der Waals surface area contributed by atoms with Crippen molar-refractivity contribution >= 4 is 17.6 Å². The van der Waals surface area contributed by atoms with Gasteiger partial charge in [-0.05, 0) is 28.5 Å². The molecule has 0 aliphatic heterocycles. The van der Waals surface area contributed by atoms with E-state index in [1.807, 2.05) is 0 Å². The molecule has 0 saturated carbocycles. The molecule has 0 bridgehead atoms. The van der Waals surface area contributed by atoms with Crippen molar-refractivity contribution in [2.75, 3.05) is 18.8 Å². The van der Waals surface area contributed by atoms with Crippen LogP contribution in [-0.4, -0.2) is 35.2 Å². The summed E-state index contributed by atoms with van der Waals surface area (Å²) in [6.07, 6.45) is 0. The van der Waals surface area contributed by atoms with Gasteiger partial charge in [0.15, 0.2) is 0 Å². The van der Waals surface area contributed by atoms with Crippen LogP contribution in [0.5, 0.6) is 0 Å². The average Bonchev–Trinajstić information content (AvgIpc) is 2.89. The zero-order valence-corrected chi connectivity index (χ0v) is 10.8. The van der Waals surface area contributed by atoms with Crippen LogP contribution in [0.15, 0.2) is 28.9 Å². The Morgan fingerprint density at radius 2 is 1.90 bits per heavy atom. The topological polar surface area (TPSA) is 123 Å². The molecule has 0 fully saturated rings. The van der Waals surface area contributed by atoms with Crippen molar-refractivity contribution in [2.45, 2.75) is 0 Å². The predicted molar refractivity (Wildman–Crippen MR) is 69.8 cm³/mol. The molecule has 1 heterocycles. The minimum absolute atomic E-state index is 0.115. The Labute approximate surface area is 118 Å². The van der Waals surface area contributed by atoms with E-state index in [4.69, 9.17) is 5.73 Å². The first-order valence-corrected chi connectivity index (χ1v) is 5.98. The van der Waals surface area contributed by atoms with Gasteiger partial charge in [0.05, 0.1) is 0 Å². The van der Waals surface area contributed by atoms with E-state index in [0.717, 1.165) is 6.07 Å². The molecule has 0 atom stereocenters. The molecule has 0 unspecified atom stereocenters. The second kappa shape index (κ2) is 6.46. The van der Waals surface area contributed by atoms with E-state index in [-0.39, 0.29) is 30.2 Å². The standard InChI is InChI=1S/C12H12FN5O3/c13-8-3-1-2-7(6-8)11(19)15-4-5-16-12(20)9-10(14)18-21-17-9/h1-3,6H,4-5H2,(H2,14,18)(H,15,19)(H,16,20). The van der Waals surface area contributed by atoms with Gasteiger partial charge in [0.2, 0.25) is 11.5 Å². The number of hydrogen-bond donors (Lipinski definition) is 3. The summed E-state index contributed by atoms with van der Waals surface area (Å²) >= 11 is 0. The summed E-state index contributed by atoms with van der Waals surface area (Å²) in [4.78, 5) is 23.2. The number of benzene rings is 1. The molecule has 0 saturated heterocycles. The van der Waals surface area contributed by atoms with E-state index in [1.165, 1.54) is 18.2 Å². The molecule has 2 rings (SSSR count). The summed E-state index contributed by atoms with van der Waals surface area (Å²) in [6.45, 7) is 0.304. The number of anilines is 1. The molecule has 0 aliphatic carbocycles. The fourth-order valence-electron chi connectivity index (χ4n) is 1.52. The lowest BCUT2D eigenvalue weighted by Gasteiger charge is -2.06. The SMILES string of the molecule is Nc1nonc1C(=O)NCCNC(=O)c1cccc(F)c1. The van der Waals surface area contributed by atoms with E-state index in [1.54, 1.807) is 0 Å². The van der Waals surface area contributed by atoms with Crippen LogP contribution in [0.3, 0.4) is 0 Å². The van der Waals surface area contributed by atoms with Gasteiger partial charge in [-0.15, -0.1) is 0 Å². The number of rotatable bonds is 5.